The molecular weight excluding hydrogens is 294 g/mol. The van der Waals surface area contributed by atoms with Crippen molar-refractivity contribution in [3.63, 3.8) is 0 Å². The summed E-state index contributed by atoms with van der Waals surface area (Å²) in [6.07, 6.45) is 6.06. The molecule has 1 unspecified atom stereocenters. The molecule has 1 N–H and O–H groups in total. The van der Waals surface area contributed by atoms with Crippen LogP contribution in [0.25, 0.3) is 6.08 Å². The van der Waals surface area contributed by atoms with Crippen molar-refractivity contribution in [2.45, 2.75) is 25.7 Å². The van der Waals surface area contributed by atoms with Gasteiger partial charge >= 0.3 is 5.97 Å². The highest BCUT2D eigenvalue weighted by Crippen LogP contribution is 2.22. The summed E-state index contributed by atoms with van der Waals surface area (Å²) in [5, 5.41) is 8.78. The van der Waals surface area contributed by atoms with E-state index in [-0.39, 0.29) is 18.2 Å². The van der Waals surface area contributed by atoms with Gasteiger partial charge in [-0.05, 0) is 37.3 Å². The molecule has 1 saturated heterocycles. The number of benzene rings is 1. The largest absolute Gasteiger partial charge is 0.496 e. The molecule has 0 radical (unpaired) electrons. The molecule has 23 heavy (non-hydrogen) atoms. The number of carbonyl (C=O) groups excluding carboxylic acids is 1. The number of amides is 1. The summed E-state index contributed by atoms with van der Waals surface area (Å²) >= 11 is 0. The Balaban J connectivity index is 1.94. The zero-order valence-corrected chi connectivity index (χ0v) is 13.4. The highest BCUT2D eigenvalue weighted by Gasteiger charge is 2.22. The van der Waals surface area contributed by atoms with E-state index in [0.29, 0.717) is 13.0 Å². The number of rotatable bonds is 6. The number of carboxylic acids is 1. The van der Waals surface area contributed by atoms with Crippen LogP contribution >= 0.6 is 0 Å². The van der Waals surface area contributed by atoms with E-state index in [1.165, 1.54) is 0 Å². The Hall–Kier alpha value is -2.30. The van der Waals surface area contributed by atoms with Crippen LogP contribution in [-0.2, 0) is 9.59 Å². The number of para-hydroxylation sites is 1. The molecule has 2 rings (SSSR count). The van der Waals surface area contributed by atoms with E-state index in [4.69, 9.17) is 9.84 Å². The van der Waals surface area contributed by atoms with Crippen molar-refractivity contribution in [2.75, 3.05) is 20.2 Å². The molecule has 124 valence electrons. The van der Waals surface area contributed by atoms with Crippen LogP contribution in [0, 0.1) is 5.92 Å². The van der Waals surface area contributed by atoms with E-state index >= 15 is 0 Å². The fourth-order valence-corrected chi connectivity index (χ4v) is 2.90. The first kappa shape index (κ1) is 17.1. The Morgan fingerprint density at radius 2 is 2.17 bits per heavy atom. The van der Waals surface area contributed by atoms with Gasteiger partial charge in [0.25, 0.3) is 0 Å². The second-order valence-corrected chi connectivity index (χ2v) is 5.80. The summed E-state index contributed by atoms with van der Waals surface area (Å²) < 4.78 is 5.26. The third-order valence-corrected chi connectivity index (χ3v) is 4.14. The minimum atomic E-state index is -0.774. The van der Waals surface area contributed by atoms with E-state index in [0.717, 1.165) is 30.7 Å². The average molecular weight is 317 g/mol. The fourth-order valence-electron chi connectivity index (χ4n) is 2.90. The lowest BCUT2D eigenvalue weighted by atomic mass is 9.93. The van der Waals surface area contributed by atoms with Gasteiger partial charge in [-0.2, -0.15) is 0 Å². The topological polar surface area (TPSA) is 66.8 Å². The monoisotopic (exact) mass is 317 g/mol. The molecule has 1 aromatic rings. The number of nitrogens with zero attached hydrogens (tertiary/aromatic N) is 1. The van der Waals surface area contributed by atoms with E-state index < -0.39 is 5.97 Å². The van der Waals surface area contributed by atoms with Crippen LogP contribution in [0.2, 0.25) is 0 Å². The van der Waals surface area contributed by atoms with Gasteiger partial charge in [0, 0.05) is 31.1 Å². The summed E-state index contributed by atoms with van der Waals surface area (Å²) in [6, 6.07) is 7.53. The number of methoxy groups -OCH3 is 1. The van der Waals surface area contributed by atoms with Crippen LogP contribution < -0.4 is 4.74 Å². The Morgan fingerprint density at radius 1 is 1.39 bits per heavy atom. The van der Waals surface area contributed by atoms with Crippen molar-refractivity contribution in [2.24, 2.45) is 5.92 Å². The number of carbonyl (C=O) groups is 2. The molecule has 0 aromatic heterocycles. The molecule has 5 nitrogen and oxygen atoms in total. The van der Waals surface area contributed by atoms with Gasteiger partial charge in [0.1, 0.15) is 5.75 Å². The first-order chi connectivity index (χ1) is 11.1. The number of ether oxygens (including phenoxy) is 1. The predicted octanol–water partition coefficient (Wildman–Crippen LogP) is 2.81. The summed E-state index contributed by atoms with van der Waals surface area (Å²) in [7, 11) is 1.60. The maximum atomic E-state index is 12.3. The first-order valence-electron chi connectivity index (χ1n) is 7.92. The van der Waals surface area contributed by atoms with Crippen LogP contribution in [-0.4, -0.2) is 42.1 Å². The highest BCUT2D eigenvalue weighted by atomic mass is 16.5. The molecule has 1 atom stereocenters. The Labute approximate surface area is 136 Å². The van der Waals surface area contributed by atoms with Crippen molar-refractivity contribution < 1.29 is 19.4 Å². The summed E-state index contributed by atoms with van der Waals surface area (Å²) in [6.45, 7) is 1.38. The lowest BCUT2D eigenvalue weighted by Crippen LogP contribution is -2.39. The molecule has 1 amide bonds. The molecule has 1 heterocycles. The van der Waals surface area contributed by atoms with Gasteiger partial charge in [-0.1, -0.05) is 18.2 Å². The summed E-state index contributed by atoms with van der Waals surface area (Å²) in [4.78, 5) is 24.8. The average Bonchev–Trinajstić information content (AvgIpc) is 2.58. The van der Waals surface area contributed by atoms with Crippen LogP contribution in [0.15, 0.2) is 30.3 Å². The standard InChI is InChI=1S/C18H23NO4/c1-23-16-7-3-2-6-15(16)9-10-17(20)19-12-4-5-14(13-19)8-11-18(21)22/h2-3,6-7,9-10,14H,4-5,8,11-13H2,1H3,(H,21,22). The minimum absolute atomic E-state index is 0.0315. The third-order valence-electron chi connectivity index (χ3n) is 4.14. The van der Waals surface area contributed by atoms with Crippen LogP contribution in [0.1, 0.15) is 31.2 Å². The van der Waals surface area contributed by atoms with Crippen LogP contribution in [0.3, 0.4) is 0 Å². The maximum Gasteiger partial charge on any atom is 0.303 e. The Kier molecular flexibility index (Phi) is 6.20. The molecule has 0 aliphatic carbocycles. The molecule has 5 heteroatoms. The Bertz CT molecular complexity index is 582. The smallest absolute Gasteiger partial charge is 0.303 e. The number of carboxylic acid groups (broad SMARTS) is 1. The van der Waals surface area contributed by atoms with Gasteiger partial charge in [0.15, 0.2) is 0 Å². The molecule has 0 bridgehead atoms. The maximum absolute atomic E-state index is 12.3. The SMILES string of the molecule is COc1ccccc1C=CC(=O)N1CCCC(CCC(=O)O)C1. The number of likely N-dealkylation sites (tertiary alicyclic amines) is 1. The quantitative estimate of drug-likeness (QED) is 0.819. The molecule has 1 aliphatic heterocycles. The molecule has 1 aromatic carbocycles. The molecule has 1 fully saturated rings. The van der Waals surface area contributed by atoms with Gasteiger partial charge in [-0.25, -0.2) is 0 Å². The lowest BCUT2D eigenvalue weighted by Gasteiger charge is -2.32. The molecular formula is C18H23NO4. The zero-order valence-electron chi connectivity index (χ0n) is 13.4. The van der Waals surface area contributed by atoms with Crippen molar-refractivity contribution in [3.8, 4) is 5.75 Å². The highest BCUT2D eigenvalue weighted by molar-refractivity contribution is 5.92. The molecule has 1 aliphatic rings. The van der Waals surface area contributed by atoms with Crippen molar-refractivity contribution in [3.05, 3.63) is 35.9 Å². The molecule has 0 saturated carbocycles. The van der Waals surface area contributed by atoms with E-state index in [1.807, 2.05) is 29.2 Å². The third kappa shape index (κ3) is 5.13. The fraction of sp³-hybridized carbons (Fsp3) is 0.444. The van der Waals surface area contributed by atoms with Crippen molar-refractivity contribution in [1.29, 1.82) is 0 Å². The van der Waals surface area contributed by atoms with Gasteiger partial charge in [0.05, 0.1) is 7.11 Å². The molecule has 0 spiro atoms. The van der Waals surface area contributed by atoms with Crippen molar-refractivity contribution in [1.82, 2.24) is 4.90 Å². The second-order valence-electron chi connectivity index (χ2n) is 5.80. The van der Waals surface area contributed by atoms with Gasteiger partial charge in [-0.3, -0.25) is 9.59 Å². The van der Waals surface area contributed by atoms with Crippen molar-refractivity contribution >= 4 is 18.0 Å². The first-order valence-corrected chi connectivity index (χ1v) is 7.92. The summed E-state index contributed by atoms with van der Waals surface area (Å²) in [5.74, 6) is 0.207. The van der Waals surface area contributed by atoms with E-state index in [1.54, 1.807) is 19.3 Å². The number of aliphatic carboxylic acids is 1. The minimum Gasteiger partial charge on any atom is -0.496 e. The Morgan fingerprint density at radius 3 is 2.91 bits per heavy atom. The predicted molar refractivity (Wildman–Crippen MR) is 88.2 cm³/mol. The van der Waals surface area contributed by atoms with Crippen LogP contribution in [0.5, 0.6) is 5.75 Å². The van der Waals surface area contributed by atoms with E-state index in [2.05, 4.69) is 0 Å². The van der Waals surface area contributed by atoms with Gasteiger partial charge < -0.3 is 14.7 Å². The number of hydrogen-bond donors (Lipinski definition) is 1. The second kappa shape index (κ2) is 8.36. The normalized spacial score (nSPS) is 18.1. The number of piperidine rings is 1. The lowest BCUT2D eigenvalue weighted by molar-refractivity contribution is -0.137. The zero-order chi connectivity index (χ0) is 16.7. The summed E-state index contributed by atoms with van der Waals surface area (Å²) in [5.41, 5.74) is 0.864. The number of hydrogen-bond acceptors (Lipinski definition) is 3. The van der Waals surface area contributed by atoms with Crippen LogP contribution in [0.4, 0.5) is 0 Å². The van der Waals surface area contributed by atoms with E-state index in [9.17, 15) is 9.59 Å². The van der Waals surface area contributed by atoms with Gasteiger partial charge in [0.2, 0.25) is 5.91 Å². The van der Waals surface area contributed by atoms with Gasteiger partial charge in [-0.15, -0.1) is 0 Å².